The summed E-state index contributed by atoms with van der Waals surface area (Å²) in [6, 6.07) is -0.541. The molecule has 0 bridgehead atoms. The van der Waals surface area contributed by atoms with Crippen molar-refractivity contribution in [2.75, 3.05) is 13.2 Å². The second-order valence-electron chi connectivity index (χ2n) is 25.3. The average Bonchev–Trinajstić information content (AvgIpc) is 3.45. The molecule has 0 fully saturated rings. The summed E-state index contributed by atoms with van der Waals surface area (Å²) in [6.07, 6.45) is 85.6. The number of allylic oxidation sites excluding steroid dienone is 2. The molecule has 6 nitrogen and oxygen atoms in total. The molecule has 470 valence electrons. The zero-order valence-electron chi connectivity index (χ0n) is 53.9. The zero-order valence-corrected chi connectivity index (χ0v) is 53.9. The summed E-state index contributed by atoms with van der Waals surface area (Å²) < 4.78 is 5.48. The number of aliphatic hydroxyl groups is 2. The average molecular weight is 1110 g/mol. The summed E-state index contributed by atoms with van der Waals surface area (Å²) in [5, 5.41) is 23.4. The third-order valence-electron chi connectivity index (χ3n) is 17.3. The molecule has 2 atom stereocenters. The minimum absolute atomic E-state index is 0.0182. The lowest BCUT2D eigenvalue weighted by atomic mass is 10.0. The van der Waals surface area contributed by atoms with Gasteiger partial charge < -0.3 is 20.3 Å². The lowest BCUT2D eigenvalue weighted by Gasteiger charge is -2.22. The van der Waals surface area contributed by atoms with Crippen LogP contribution in [0.25, 0.3) is 0 Å². The maximum atomic E-state index is 12.5. The minimum Gasteiger partial charge on any atom is -0.466 e. The van der Waals surface area contributed by atoms with Gasteiger partial charge in [-0.2, -0.15) is 0 Å². The van der Waals surface area contributed by atoms with Crippen molar-refractivity contribution < 1.29 is 24.5 Å². The molecule has 0 aromatic heterocycles. The van der Waals surface area contributed by atoms with E-state index in [1.165, 1.54) is 347 Å². The van der Waals surface area contributed by atoms with Crippen LogP contribution in [0.5, 0.6) is 0 Å². The highest BCUT2D eigenvalue weighted by molar-refractivity contribution is 5.76. The molecule has 0 aliphatic carbocycles. The molecule has 0 aliphatic heterocycles. The highest BCUT2D eigenvalue weighted by Gasteiger charge is 2.20. The van der Waals surface area contributed by atoms with Gasteiger partial charge in [0.25, 0.3) is 0 Å². The Morgan fingerprint density at radius 1 is 0.342 bits per heavy atom. The van der Waals surface area contributed by atoms with Crippen LogP contribution in [0.4, 0.5) is 0 Å². The Labute approximate surface area is 495 Å². The van der Waals surface area contributed by atoms with Crippen LogP contribution in [0.2, 0.25) is 0 Å². The van der Waals surface area contributed by atoms with Crippen molar-refractivity contribution in [1.29, 1.82) is 0 Å². The molecule has 3 N–H and O–H groups in total. The monoisotopic (exact) mass is 1110 g/mol. The number of rotatable bonds is 69. The first-order valence-electron chi connectivity index (χ1n) is 36.4. The molecular weight excluding hydrogens is 971 g/mol. The number of amides is 1. The van der Waals surface area contributed by atoms with Gasteiger partial charge >= 0.3 is 5.97 Å². The van der Waals surface area contributed by atoms with Crippen molar-refractivity contribution in [3.63, 3.8) is 0 Å². The number of esters is 1. The Balaban J connectivity index is 3.37. The quantitative estimate of drug-likeness (QED) is 0.0320. The van der Waals surface area contributed by atoms with Crippen LogP contribution in [-0.4, -0.2) is 47.4 Å². The number of unbranched alkanes of at least 4 members (excludes halogenated alkanes) is 56. The van der Waals surface area contributed by atoms with Crippen LogP contribution in [0.15, 0.2) is 12.2 Å². The number of hydrogen-bond acceptors (Lipinski definition) is 5. The largest absolute Gasteiger partial charge is 0.466 e. The summed E-state index contributed by atoms with van der Waals surface area (Å²) in [4.78, 5) is 24.6. The van der Waals surface area contributed by atoms with E-state index in [-0.39, 0.29) is 18.5 Å². The van der Waals surface area contributed by atoms with Crippen molar-refractivity contribution in [3.05, 3.63) is 12.2 Å². The van der Waals surface area contributed by atoms with Crippen molar-refractivity contribution in [3.8, 4) is 0 Å². The lowest BCUT2D eigenvalue weighted by Crippen LogP contribution is -2.45. The maximum Gasteiger partial charge on any atom is 0.305 e. The van der Waals surface area contributed by atoms with Crippen LogP contribution in [0.3, 0.4) is 0 Å². The molecule has 0 saturated carbocycles. The summed E-state index contributed by atoms with van der Waals surface area (Å²) >= 11 is 0. The van der Waals surface area contributed by atoms with E-state index in [1.807, 2.05) is 0 Å². The molecule has 0 saturated heterocycles. The molecule has 0 spiro atoms. The van der Waals surface area contributed by atoms with Crippen LogP contribution in [0.1, 0.15) is 418 Å². The first-order chi connectivity index (χ1) is 39.0. The molecular formula is C73H143NO5. The van der Waals surface area contributed by atoms with Crippen LogP contribution in [-0.2, 0) is 14.3 Å². The topological polar surface area (TPSA) is 95.9 Å². The Morgan fingerprint density at radius 3 is 0.899 bits per heavy atom. The van der Waals surface area contributed by atoms with Crippen LogP contribution >= 0.6 is 0 Å². The lowest BCUT2D eigenvalue weighted by molar-refractivity contribution is -0.143. The summed E-state index contributed by atoms with van der Waals surface area (Å²) in [5.74, 6) is -0.0108. The molecule has 1 amide bonds. The second-order valence-corrected chi connectivity index (χ2v) is 25.3. The number of nitrogens with one attached hydrogen (secondary N) is 1. The fourth-order valence-electron chi connectivity index (χ4n) is 11.8. The SMILES string of the molecule is CCCCCCCCCCCCCCCCCCCCCCCC(O)C(CO)NC(=O)CCCCCCCCCCCCCCC/C=C\CCCCCCCCCCCCCCOC(=O)CCCCCCCCCCCCCC. The van der Waals surface area contributed by atoms with Gasteiger partial charge in [0.1, 0.15) is 0 Å². The van der Waals surface area contributed by atoms with Gasteiger partial charge in [-0.05, 0) is 51.4 Å². The van der Waals surface area contributed by atoms with E-state index < -0.39 is 12.1 Å². The highest BCUT2D eigenvalue weighted by atomic mass is 16.5. The molecule has 79 heavy (non-hydrogen) atoms. The van der Waals surface area contributed by atoms with E-state index >= 15 is 0 Å². The second kappa shape index (κ2) is 69.1. The van der Waals surface area contributed by atoms with E-state index in [9.17, 15) is 19.8 Å². The molecule has 0 aromatic carbocycles. The third kappa shape index (κ3) is 65.6. The van der Waals surface area contributed by atoms with Gasteiger partial charge in [0.15, 0.2) is 0 Å². The number of aliphatic hydroxyl groups excluding tert-OH is 2. The minimum atomic E-state index is -0.664. The van der Waals surface area contributed by atoms with E-state index in [1.54, 1.807) is 0 Å². The smallest absolute Gasteiger partial charge is 0.305 e. The molecule has 0 heterocycles. The number of carbonyl (C=O) groups excluding carboxylic acids is 2. The van der Waals surface area contributed by atoms with Crippen molar-refractivity contribution in [2.45, 2.75) is 431 Å². The first kappa shape index (κ1) is 77.6. The van der Waals surface area contributed by atoms with Gasteiger partial charge in [-0.1, -0.05) is 366 Å². The zero-order chi connectivity index (χ0) is 57.1. The van der Waals surface area contributed by atoms with Gasteiger partial charge in [0.05, 0.1) is 25.4 Å². The van der Waals surface area contributed by atoms with E-state index in [2.05, 4.69) is 31.3 Å². The van der Waals surface area contributed by atoms with E-state index in [0.717, 1.165) is 38.5 Å². The van der Waals surface area contributed by atoms with E-state index in [4.69, 9.17) is 4.74 Å². The summed E-state index contributed by atoms with van der Waals surface area (Å²) in [6.45, 7) is 5.00. The summed E-state index contributed by atoms with van der Waals surface area (Å²) in [5.41, 5.74) is 0. The first-order valence-corrected chi connectivity index (χ1v) is 36.4. The molecule has 0 aliphatic rings. The third-order valence-corrected chi connectivity index (χ3v) is 17.3. The number of ether oxygens (including phenoxy) is 1. The van der Waals surface area contributed by atoms with Crippen molar-refractivity contribution in [1.82, 2.24) is 5.32 Å². The normalized spacial score (nSPS) is 12.5. The predicted molar refractivity (Wildman–Crippen MR) is 347 cm³/mol. The molecule has 2 unspecified atom stereocenters. The van der Waals surface area contributed by atoms with Crippen molar-refractivity contribution >= 4 is 11.9 Å². The Bertz CT molecular complexity index is 1190. The van der Waals surface area contributed by atoms with Crippen molar-refractivity contribution in [2.24, 2.45) is 0 Å². The fourth-order valence-corrected chi connectivity index (χ4v) is 11.8. The van der Waals surface area contributed by atoms with E-state index in [0.29, 0.717) is 25.9 Å². The van der Waals surface area contributed by atoms with Gasteiger partial charge in [-0.25, -0.2) is 0 Å². The van der Waals surface area contributed by atoms with Gasteiger partial charge in [-0.3, -0.25) is 9.59 Å². The highest BCUT2D eigenvalue weighted by Crippen LogP contribution is 2.19. The molecule has 6 heteroatoms. The molecule has 0 rings (SSSR count). The van der Waals surface area contributed by atoms with Crippen LogP contribution < -0.4 is 5.32 Å². The number of carbonyl (C=O) groups is 2. The fraction of sp³-hybridized carbons (Fsp3) is 0.945. The summed E-state index contributed by atoms with van der Waals surface area (Å²) in [7, 11) is 0. The van der Waals surface area contributed by atoms with Gasteiger partial charge in [0, 0.05) is 12.8 Å². The molecule has 0 radical (unpaired) electrons. The van der Waals surface area contributed by atoms with Crippen LogP contribution in [0, 0.1) is 0 Å². The number of hydrogen-bond donors (Lipinski definition) is 3. The Morgan fingerprint density at radius 2 is 0.595 bits per heavy atom. The predicted octanol–water partition coefficient (Wildman–Crippen LogP) is 23.5. The molecule has 0 aromatic rings. The Hall–Kier alpha value is -1.40. The maximum absolute atomic E-state index is 12.5. The Kier molecular flexibility index (Phi) is 67.9. The van der Waals surface area contributed by atoms with Gasteiger partial charge in [-0.15, -0.1) is 0 Å². The standard InChI is InChI=1S/C73H143NO5/c1-3-5-7-9-11-13-15-17-18-19-20-30-33-36-39-42-45-49-53-57-61-65-71(76)70(69-75)74-72(77)66-62-58-54-50-46-43-40-37-34-31-28-26-24-22-21-23-25-27-29-32-35-38-41-44-48-52-56-60-64-68-79-73(78)67-63-59-55-51-47-16-14-12-10-8-6-4-2/h21,23,70-71,75-76H,3-20,22,24-69H2,1-2H3,(H,74,77)/b23-21-. The van der Waals surface area contributed by atoms with Gasteiger partial charge in [0.2, 0.25) is 5.91 Å².